The van der Waals surface area contributed by atoms with E-state index in [2.05, 4.69) is 19.2 Å². The maximum atomic E-state index is 12.3. The van der Waals surface area contributed by atoms with Gasteiger partial charge in [0, 0.05) is 0 Å². The van der Waals surface area contributed by atoms with Gasteiger partial charge < -0.3 is 20.6 Å². The van der Waals surface area contributed by atoms with E-state index in [-0.39, 0.29) is 18.9 Å². The third-order valence-electron chi connectivity index (χ3n) is 8.57. The van der Waals surface area contributed by atoms with Gasteiger partial charge in [0.25, 0.3) is 0 Å². The molecule has 0 aromatic rings. The second-order valence-electron chi connectivity index (χ2n) is 12.8. The number of hydrogen-bond donors (Lipinski definition) is 4. The molecule has 0 saturated carbocycles. The van der Waals surface area contributed by atoms with Gasteiger partial charge in [-0.1, -0.05) is 180 Å². The van der Waals surface area contributed by atoms with Crippen LogP contribution in [0.4, 0.5) is 0 Å². The highest BCUT2D eigenvalue weighted by Gasteiger charge is 2.20. The molecule has 4 N–H and O–H groups in total. The number of aliphatic hydroxyl groups is 3. The minimum Gasteiger partial charge on any atom is -0.394 e. The monoisotopic (exact) mass is 596 g/mol. The molecule has 0 saturated heterocycles. The van der Waals surface area contributed by atoms with Crippen LogP contribution < -0.4 is 5.32 Å². The van der Waals surface area contributed by atoms with Crippen LogP contribution in [-0.2, 0) is 4.79 Å². The van der Waals surface area contributed by atoms with Crippen LogP contribution in [0, 0.1) is 0 Å². The van der Waals surface area contributed by atoms with Crippen molar-refractivity contribution in [1.82, 2.24) is 5.32 Å². The Balaban J connectivity index is 3.71. The molecule has 3 atom stereocenters. The van der Waals surface area contributed by atoms with Crippen molar-refractivity contribution in [3.63, 3.8) is 0 Å². The fourth-order valence-corrected chi connectivity index (χ4v) is 5.69. The molecule has 0 aliphatic heterocycles. The summed E-state index contributed by atoms with van der Waals surface area (Å²) >= 11 is 0. The van der Waals surface area contributed by atoms with E-state index in [1.54, 1.807) is 6.08 Å². The summed E-state index contributed by atoms with van der Waals surface area (Å²) in [4.78, 5) is 12.3. The number of carbonyl (C=O) groups is 1. The quantitative estimate of drug-likeness (QED) is 0.0449. The van der Waals surface area contributed by atoms with Crippen LogP contribution in [0.2, 0.25) is 0 Å². The Hall–Kier alpha value is -0.910. The predicted molar refractivity (Wildman–Crippen MR) is 181 cm³/mol. The smallest absolute Gasteiger partial charge is 0.222 e. The molecule has 0 bridgehead atoms. The maximum absolute atomic E-state index is 12.3. The summed E-state index contributed by atoms with van der Waals surface area (Å²) in [6.07, 6.45) is 36.2. The van der Waals surface area contributed by atoms with Crippen molar-refractivity contribution in [1.29, 1.82) is 0 Å². The number of nitrogens with one attached hydrogen (secondary N) is 1. The van der Waals surface area contributed by atoms with Gasteiger partial charge in [-0.2, -0.15) is 0 Å². The highest BCUT2D eigenvalue weighted by atomic mass is 16.3. The zero-order chi connectivity index (χ0) is 30.9. The van der Waals surface area contributed by atoms with E-state index in [1.165, 1.54) is 141 Å². The summed E-state index contributed by atoms with van der Waals surface area (Å²) in [5.74, 6) is -0.315. The fourth-order valence-electron chi connectivity index (χ4n) is 5.69. The van der Waals surface area contributed by atoms with Crippen LogP contribution in [0.5, 0.6) is 0 Å². The van der Waals surface area contributed by atoms with Crippen molar-refractivity contribution in [3.8, 4) is 0 Å². The van der Waals surface area contributed by atoms with Crippen LogP contribution in [0.15, 0.2) is 12.2 Å². The summed E-state index contributed by atoms with van der Waals surface area (Å²) in [5.41, 5.74) is 0. The molecule has 0 heterocycles. The van der Waals surface area contributed by atoms with Gasteiger partial charge in [0.15, 0.2) is 0 Å². The van der Waals surface area contributed by atoms with Crippen molar-refractivity contribution < 1.29 is 20.1 Å². The lowest BCUT2D eigenvalue weighted by Crippen LogP contribution is -2.45. The van der Waals surface area contributed by atoms with Gasteiger partial charge in [-0.25, -0.2) is 0 Å². The topological polar surface area (TPSA) is 89.8 Å². The van der Waals surface area contributed by atoms with Gasteiger partial charge in [-0.3, -0.25) is 4.79 Å². The van der Waals surface area contributed by atoms with E-state index >= 15 is 0 Å². The third-order valence-corrected chi connectivity index (χ3v) is 8.57. The van der Waals surface area contributed by atoms with Gasteiger partial charge in [0.1, 0.15) is 0 Å². The second kappa shape index (κ2) is 33.0. The van der Waals surface area contributed by atoms with Crippen molar-refractivity contribution in [2.45, 2.75) is 212 Å². The molecule has 0 spiro atoms. The lowest BCUT2D eigenvalue weighted by Gasteiger charge is -2.21. The molecule has 5 heteroatoms. The summed E-state index contributed by atoms with van der Waals surface area (Å²) < 4.78 is 0. The minimum absolute atomic E-state index is 0.0180. The Morgan fingerprint density at radius 1 is 0.595 bits per heavy atom. The molecule has 0 rings (SSSR count). The molecule has 0 aromatic carbocycles. The number of carbonyl (C=O) groups excluding carboxylic acids is 1. The minimum atomic E-state index is -0.922. The molecule has 250 valence electrons. The summed E-state index contributed by atoms with van der Waals surface area (Å²) in [6, 6.07) is -0.737. The average molecular weight is 596 g/mol. The first-order chi connectivity index (χ1) is 20.5. The largest absolute Gasteiger partial charge is 0.394 e. The Bertz CT molecular complexity index is 582. The summed E-state index contributed by atoms with van der Waals surface area (Å²) in [5, 5.41) is 33.0. The molecule has 0 radical (unpaired) electrons. The first-order valence-electron chi connectivity index (χ1n) is 18.5. The van der Waals surface area contributed by atoms with Crippen molar-refractivity contribution in [3.05, 3.63) is 12.2 Å². The van der Waals surface area contributed by atoms with Crippen molar-refractivity contribution in [2.24, 2.45) is 0 Å². The van der Waals surface area contributed by atoms with E-state index in [4.69, 9.17) is 0 Å². The van der Waals surface area contributed by atoms with Crippen molar-refractivity contribution >= 4 is 5.91 Å². The van der Waals surface area contributed by atoms with Gasteiger partial charge in [0.05, 0.1) is 31.3 Å². The van der Waals surface area contributed by atoms with Crippen LogP contribution in [0.1, 0.15) is 194 Å². The number of unbranched alkanes of at least 4 members (excludes halogenated alkanes) is 24. The number of aliphatic hydroxyl groups excluding tert-OH is 3. The fraction of sp³-hybridized carbons (Fsp3) is 0.919. The molecule has 42 heavy (non-hydrogen) atoms. The normalized spacial score (nSPS) is 13.9. The number of amides is 1. The Kier molecular flexibility index (Phi) is 32.3. The summed E-state index contributed by atoms with van der Waals surface area (Å²) in [7, 11) is 0. The molecular formula is C37H73NO4. The first-order valence-corrected chi connectivity index (χ1v) is 18.5. The van der Waals surface area contributed by atoms with Crippen molar-refractivity contribution in [2.75, 3.05) is 6.61 Å². The van der Waals surface area contributed by atoms with E-state index in [1.807, 2.05) is 6.08 Å². The zero-order valence-corrected chi connectivity index (χ0v) is 28.1. The van der Waals surface area contributed by atoms with Gasteiger partial charge in [0.2, 0.25) is 5.91 Å². The maximum Gasteiger partial charge on any atom is 0.222 e. The van der Waals surface area contributed by atoms with Crippen LogP contribution in [-0.4, -0.2) is 46.1 Å². The summed E-state index contributed by atoms with van der Waals surface area (Å²) in [6.45, 7) is 4.19. The molecular weight excluding hydrogens is 522 g/mol. The van der Waals surface area contributed by atoms with Crippen LogP contribution in [0.3, 0.4) is 0 Å². The molecule has 1 amide bonds. The zero-order valence-electron chi connectivity index (χ0n) is 28.1. The second-order valence-corrected chi connectivity index (χ2v) is 12.8. The molecule has 0 aliphatic carbocycles. The SMILES string of the molecule is CCCCCCCCCCCC/C=C/C(O)C(CO)NC(=O)CC(O)CCCCCCCCCCCCCCCCC. The molecule has 3 unspecified atom stereocenters. The Morgan fingerprint density at radius 2 is 0.976 bits per heavy atom. The standard InChI is InChI=1S/C37H73NO4/c1-3-5-7-9-11-13-15-17-18-19-20-22-24-26-28-30-34(40)32-37(42)38-35(33-39)36(41)31-29-27-25-23-21-16-14-12-10-8-6-4-2/h29,31,34-36,39-41H,3-28,30,32-33H2,1-2H3,(H,38,42)/b31-29+. The number of hydrogen-bond acceptors (Lipinski definition) is 4. The predicted octanol–water partition coefficient (Wildman–Crippen LogP) is 9.70. The van der Waals surface area contributed by atoms with E-state index in [9.17, 15) is 20.1 Å². The number of rotatable bonds is 33. The Labute approximate surface area is 261 Å². The van der Waals surface area contributed by atoms with E-state index < -0.39 is 18.2 Å². The van der Waals surface area contributed by atoms with Crippen LogP contribution >= 0.6 is 0 Å². The molecule has 0 aromatic heterocycles. The van der Waals surface area contributed by atoms with Gasteiger partial charge in [-0.05, 0) is 19.3 Å². The lowest BCUT2D eigenvalue weighted by molar-refractivity contribution is -0.124. The number of allylic oxidation sites excluding steroid dienone is 1. The van der Waals surface area contributed by atoms with Crippen LogP contribution in [0.25, 0.3) is 0 Å². The molecule has 0 fully saturated rings. The molecule has 5 nitrogen and oxygen atoms in total. The highest BCUT2D eigenvalue weighted by molar-refractivity contribution is 5.76. The highest BCUT2D eigenvalue weighted by Crippen LogP contribution is 2.15. The molecule has 0 aliphatic rings. The van der Waals surface area contributed by atoms with Gasteiger partial charge in [-0.15, -0.1) is 0 Å². The third kappa shape index (κ3) is 29.2. The average Bonchev–Trinajstić information content (AvgIpc) is 2.98. The van der Waals surface area contributed by atoms with E-state index in [0.29, 0.717) is 6.42 Å². The Morgan fingerprint density at radius 3 is 1.38 bits per heavy atom. The lowest BCUT2D eigenvalue weighted by atomic mass is 10.0. The van der Waals surface area contributed by atoms with Gasteiger partial charge >= 0.3 is 0 Å². The van der Waals surface area contributed by atoms with E-state index in [0.717, 1.165) is 25.7 Å². The first kappa shape index (κ1) is 41.1.